The van der Waals surface area contributed by atoms with Crippen LogP contribution in [-0.2, 0) is 32.5 Å². The molecule has 0 saturated heterocycles. The van der Waals surface area contributed by atoms with Gasteiger partial charge in [-0.3, -0.25) is 0 Å². The summed E-state index contributed by atoms with van der Waals surface area (Å²) in [5.74, 6) is 0.830. The van der Waals surface area contributed by atoms with Gasteiger partial charge in [-0.05, 0) is 193 Å². The highest BCUT2D eigenvalue weighted by Gasteiger charge is 2.62. The third-order valence-electron chi connectivity index (χ3n) is 19.4. The average Bonchev–Trinajstić information content (AvgIpc) is 3.69. The Bertz CT molecular complexity index is 3350. The maximum absolute atomic E-state index is 2.79. The lowest BCUT2D eigenvalue weighted by Crippen LogP contribution is -2.61. The minimum Gasteiger partial charge on any atom is -0.311 e. The van der Waals surface area contributed by atoms with Crippen molar-refractivity contribution in [1.29, 1.82) is 0 Å². The summed E-state index contributed by atoms with van der Waals surface area (Å²) in [5.41, 5.74) is 23.2. The Hall–Kier alpha value is -5.06. The van der Waals surface area contributed by atoms with Crippen molar-refractivity contribution in [3.05, 3.63) is 149 Å². The topological polar surface area (TPSA) is 6.48 Å². The molecule has 0 amide bonds. The van der Waals surface area contributed by atoms with E-state index in [1.54, 1.807) is 16.7 Å². The minimum atomic E-state index is -0.0243. The molecule has 4 fully saturated rings. The summed E-state index contributed by atoms with van der Waals surface area (Å²) in [4.78, 5) is 5.55. The van der Waals surface area contributed by atoms with Crippen LogP contribution in [0.2, 0.25) is 0 Å². The molecule has 6 aromatic carbocycles. The van der Waals surface area contributed by atoms with E-state index in [2.05, 4.69) is 226 Å². The number of fused-ring (bicyclic) bond motifs is 7. The molecule has 1 spiro atoms. The molecule has 1 atom stereocenters. The normalized spacial score (nSPS) is 23.5. The Morgan fingerprint density at radius 3 is 1.81 bits per heavy atom. The summed E-state index contributed by atoms with van der Waals surface area (Å²) in [7, 11) is 0. The van der Waals surface area contributed by atoms with Crippen LogP contribution in [0, 0.1) is 11.3 Å². The monoisotopic (exact) mass is 965 g/mol. The smallest absolute Gasteiger partial charge is 0.264 e. The maximum atomic E-state index is 2.79. The lowest BCUT2D eigenvalue weighted by atomic mass is 9.35. The lowest BCUT2D eigenvalue weighted by molar-refractivity contribution is -0.0977. The average molecular weight is 965 g/mol. The van der Waals surface area contributed by atoms with E-state index >= 15 is 0 Å². The molecule has 368 valence electrons. The molecule has 7 aliphatic rings. The van der Waals surface area contributed by atoms with Crippen LogP contribution >= 0.6 is 11.3 Å². The van der Waals surface area contributed by atoms with Crippen molar-refractivity contribution in [3.63, 3.8) is 0 Å². The minimum absolute atomic E-state index is 0.00367. The van der Waals surface area contributed by atoms with Crippen molar-refractivity contribution >= 4 is 78.0 Å². The molecule has 72 heavy (non-hydrogen) atoms. The zero-order valence-electron chi connectivity index (χ0n) is 45.8. The zero-order chi connectivity index (χ0) is 50.3. The second kappa shape index (κ2) is 15.3. The fraction of sp³-hybridized carbons (Fsp3) is 0.441. The number of rotatable bonds is 4. The van der Waals surface area contributed by atoms with Crippen molar-refractivity contribution < 1.29 is 0 Å². The van der Waals surface area contributed by atoms with Gasteiger partial charge in [-0.1, -0.05) is 164 Å². The summed E-state index contributed by atoms with van der Waals surface area (Å²) < 4.78 is 2.91. The molecule has 2 nitrogen and oxygen atoms in total. The van der Waals surface area contributed by atoms with Crippen molar-refractivity contribution in [3.8, 4) is 11.1 Å². The Labute approximate surface area is 436 Å². The highest BCUT2D eigenvalue weighted by Crippen LogP contribution is 2.71. The first-order chi connectivity index (χ1) is 33.9. The summed E-state index contributed by atoms with van der Waals surface area (Å²) >= 11 is 2.09. The van der Waals surface area contributed by atoms with Crippen LogP contribution in [0.25, 0.3) is 21.2 Å². The van der Waals surface area contributed by atoms with Gasteiger partial charge in [-0.25, -0.2) is 0 Å². The van der Waals surface area contributed by atoms with Gasteiger partial charge in [0.05, 0.1) is 11.4 Å². The van der Waals surface area contributed by atoms with Crippen molar-refractivity contribution in [2.24, 2.45) is 11.3 Å². The van der Waals surface area contributed by atoms with Gasteiger partial charge in [0.2, 0.25) is 0 Å². The van der Waals surface area contributed by atoms with Crippen LogP contribution in [0.3, 0.4) is 0 Å². The Morgan fingerprint density at radius 2 is 1.17 bits per heavy atom. The molecule has 14 rings (SSSR count). The van der Waals surface area contributed by atoms with Gasteiger partial charge in [0.25, 0.3) is 6.71 Å². The molecular formula is C68H77BN2S. The number of hydrogen-bond donors (Lipinski definition) is 0. The molecular weight excluding hydrogens is 888 g/mol. The quantitative estimate of drug-likeness (QED) is 0.162. The van der Waals surface area contributed by atoms with Crippen LogP contribution < -0.4 is 25.5 Å². The predicted molar refractivity (Wildman–Crippen MR) is 313 cm³/mol. The van der Waals surface area contributed by atoms with E-state index in [4.69, 9.17) is 0 Å². The lowest BCUT2D eigenvalue weighted by Gasteiger charge is -2.66. The maximum Gasteiger partial charge on any atom is 0.264 e. The highest BCUT2D eigenvalue weighted by atomic mass is 32.1. The zero-order valence-corrected chi connectivity index (χ0v) is 46.6. The van der Waals surface area contributed by atoms with Crippen molar-refractivity contribution in [1.82, 2.24) is 0 Å². The number of nitrogens with zero attached hydrogens (tertiary/aromatic N) is 2. The van der Waals surface area contributed by atoms with Gasteiger partial charge < -0.3 is 9.80 Å². The Balaban J connectivity index is 1.17. The molecule has 0 N–H and O–H groups in total. The van der Waals surface area contributed by atoms with Crippen LogP contribution in [0.4, 0.5) is 34.1 Å². The highest BCUT2D eigenvalue weighted by molar-refractivity contribution is 7.33. The SMILES string of the molecule is CC(C)(C)c1ccc(N2c3cc(C45CC6CCCC(C6)(C4)C5)cc4c3B(c3cc(C(C)(C)C)ccc3N4c3ccc(C(C)(C)C)cc3-c3ccccc3)c3sc4cc5c(cc4c32)C(C)(C)CCC5(C)C)cc1. The molecule has 1 unspecified atom stereocenters. The molecule has 0 radical (unpaired) electrons. The third kappa shape index (κ3) is 6.99. The van der Waals surface area contributed by atoms with E-state index in [9.17, 15) is 0 Å². The van der Waals surface area contributed by atoms with Crippen LogP contribution in [-0.4, -0.2) is 6.71 Å². The summed E-state index contributed by atoms with van der Waals surface area (Å²) in [6, 6.07) is 47.0. The Morgan fingerprint density at radius 1 is 0.569 bits per heavy atom. The van der Waals surface area contributed by atoms with Gasteiger partial charge in [-0.15, -0.1) is 11.3 Å². The number of anilines is 6. The molecule has 7 aromatic rings. The molecule has 1 aromatic heterocycles. The van der Waals surface area contributed by atoms with Crippen LogP contribution in [0.15, 0.2) is 115 Å². The van der Waals surface area contributed by atoms with E-state index in [1.165, 1.54) is 146 Å². The first-order valence-corrected chi connectivity index (χ1v) is 28.6. The number of benzene rings is 6. The fourth-order valence-electron chi connectivity index (χ4n) is 15.5. The van der Waals surface area contributed by atoms with Crippen LogP contribution in [0.5, 0.6) is 0 Å². The van der Waals surface area contributed by atoms with E-state index in [0.29, 0.717) is 5.41 Å². The molecule has 4 saturated carbocycles. The van der Waals surface area contributed by atoms with Gasteiger partial charge in [0.1, 0.15) is 0 Å². The molecule has 5 aliphatic carbocycles. The first-order valence-electron chi connectivity index (χ1n) is 27.8. The van der Waals surface area contributed by atoms with E-state index in [0.717, 1.165) is 5.92 Å². The van der Waals surface area contributed by atoms with E-state index in [-0.39, 0.29) is 39.2 Å². The molecule has 2 aliphatic heterocycles. The van der Waals surface area contributed by atoms with Crippen molar-refractivity contribution in [2.45, 2.75) is 180 Å². The summed E-state index contributed by atoms with van der Waals surface area (Å²) in [5, 5.41) is 1.42. The molecule has 3 heterocycles. The Kier molecular flexibility index (Phi) is 9.91. The standard InChI is InChI=1S/C68H77BN2S/c1-62(2,3)44-21-25-48(26-22-44)70-56-34-47(68-39-42-18-17-29-67(38-42,40-68)41-68)35-57-59(56)69(61-60(70)50-36-51-52(37-58(50)72-61)66(12,13)31-30-65(51,10)11)53-33-46(64(7,8)9)24-28-55(53)71(57)54-27-23-45(63(4,5)6)32-49(54)43-19-15-14-16-20-43/h14-16,19-28,32-37,42H,17-18,29-31,38-41H2,1-13H3. The predicted octanol–water partition coefficient (Wildman–Crippen LogP) is 17.5. The fourth-order valence-corrected chi connectivity index (χ4v) is 16.8. The van der Waals surface area contributed by atoms with Gasteiger partial charge in [-0.2, -0.15) is 0 Å². The van der Waals surface area contributed by atoms with Crippen molar-refractivity contribution in [2.75, 3.05) is 9.80 Å². The third-order valence-corrected chi connectivity index (χ3v) is 20.6. The van der Waals surface area contributed by atoms with Crippen LogP contribution in [0.1, 0.15) is 181 Å². The first kappa shape index (κ1) is 46.7. The number of hydrogen-bond acceptors (Lipinski definition) is 3. The van der Waals surface area contributed by atoms with Gasteiger partial charge >= 0.3 is 0 Å². The van der Waals surface area contributed by atoms with Gasteiger partial charge in [0.15, 0.2) is 0 Å². The van der Waals surface area contributed by atoms with Gasteiger partial charge in [0, 0.05) is 43.2 Å². The second-order valence-electron chi connectivity index (χ2n) is 28.5. The number of thiophene rings is 1. The molecule has 3 bridgehead atoms. The largest absolute Gasteiger partial charge is 0.311 e. The second-order valence-corrected chi connectivity index (χ2v) is 29.6. The summed E-state index contributed by atoms with van der Waals surface area (Å²) in [6.45, 7) is 31.4. The molecule has 4 heteroatoms. The summed E-state index contributed by atoms with van der Waals surface area (Å²) in [6.07, 6.45) is 12.1. The van der Waals surface area contributed by atoms with E-state index in [1.807, 2.05) is 0 Å². The van der Waals surface area contributed by atoms with E-state index < -0.39 is 0 Å².